The molecule has 39 heavy (non-hydrogen) atoms. The van der Waals surface area contributed by atoms with Crippen LogP contribution in [0, 0.1) is 0 Å². The smallest absolute Gasteiger partial charge is 0.261 e. The molecule has 2 aliphatic heterocycles. The fraction of sp³-hybridized carbons (Fsp3) is 0.367. The van der Waals surface area contributed by atoms with E-state index in [-0.39, 0.29) is 36.5 Å². The van der Waals surface area contributed by atoms with Gasteiger partial charge in [0.2, 0.25) is 0 Å². The van der Waals surface area contributed by atoms with Crippen LogP contribution in [0.5, 0.6) is 11.6 Å². The molecule has 1 atom stereocenters. The molecule has 2 aliphatic rings. The van der Waals surface area contributed by atoms with E-state index in [0.29, 0.717) is 62.0 Å². The second-order valence-electron chi connectivity index (χ2n) is 9.49. The minimum Gasteiger partial charge on any atom is -0.492 e. The van der Waals surface area contributed by atoms with Gasteiger partial charge < -0.3 is 23.9 Å². The summed E-state index contributed by atoms with van der Waals surface area (Å²) in [7, 11) is 0. The molecule has 3 heterocycles. The molecule has 0 saturated carbocycles. The number of nitrogens with zero attached hydrogens (tertiary/aromatic N) is 1. The van der Waals surface area contributed by atoms with Gasteiger partial charge in [-0.05, 0) is 49.1 Å². The van der Waals surface area contributed by atoms with Crippen molar-refractivity contribution in [2.45, 2.75) is 32.3 Å². The Morgan fingerprint density at radius 2 is 1.69 bits per heavy atom. The molecule has 1 aromatic heterocycles. The first-order chi connectivity index (χ1) is 19.0. The van der Waals surface area contributed by atoms with Gasteiger partial charge in [-0.3, -0.25) is 19.3 Å². The maximum Gasteiger partial charge on any atom is 0.261 e. The minimum atomic E-state index is -0.287. The molecule has 1 saturated heterocycles. The van der Waals surface area contributed by atoms with Crippen molar-refractivity contribution in [3.8, 4) is 11.6 Å². The largest absolute Gasteiger partial charge is 0.492 e. The van der Waals surface area contributed by atoms with Crippen molar-refractivity contribution in [2.24, 2.45) is 0 Å². The summed E-state index contributed by atoms with van der Waals surface area (Å²) in [6.07, 6.45) is 1.86. The summed E-state index contributed by atoms with van der Waals surface area (Å²) in [6, 6.07) is 16.0. The van der Waals surface area contributed by atoms with Gasteiger partial charge in [0.25, 0.3) is 11.8 Å². The van der Waals surface area contributed by atoms with Gasteiger partial charge >= 0.3 is 0 Å². The highest BCUT2D eigenvalue weighted by Crippen LogP contribution is 2.22. The summed E-state index contributed by atoms with van der Waals surface area (Å²) in [5, 5.41) is 0. The predicted molar refractivity (Wildman–Crippen MR) is 144 cm³/mol. The standard InChI is InChI=1S/C30H32N2O7/c1-2-23-26(31-28(17-27(23)33)39-19-22-18-36-15-16-38-22)12-9-20-7-10-21(11-8-20)37-14-13-32-29(34)24-5-3-4-6-25(24)30(32)35/h3-8,10-11,17,22H,2,9,12-16,18-19H2,1H3,(H,31,33). The summed E-state index contributed by atoms with van der Waals surface area (Å²) in [4.78, 5) is 42.2. The molecular formula is C30H32N2O7. The quantitative estimate of drug-likeness (QED) is 0.378. The molecule has 0 spiro atoms. The molecule has 9 nitrogen and oxygen atoms in total. The summed E-state index contributed by atoms with van der Waals surface area (Å²) in [6.45, 7) is 4.28. The highest BCUT2D eigenvalue weighted by atomic mass is 16.6. The number of fused-ring (bicyclic) bond motifs is 1. The fourth-order valence-corrected chi connectivity index (χ4v) is 4.83. The molecule has 1 unspecified atom stereocenters. The zero-order chi connectivity index (χ0) is 27.2. The lowest BCUT2D eigenvalue weighted by Gasteiger charge is -2.23. The van der Waals surface area contributed by atoms with Crippen LogP contribution in [0.15, 0.2) is 59.4 Å². The number of aromatic amines is 1. The number of aromatic nitrogens is 1. The highest BCUT2D eigenvalue weighted by Gasteiger charge is 2.34. The number of rotatable bonds is 11. The van der Waals surface area contributed by atoms with Gasteiger partial charge in [-0.1, -0.05) is 31.2 Å². The lowest BCUT2D eigenvalue weighted by atomic mass is 10.0. The van der Waals surface area contributed by atoms with Crippen LogP contribution in [0.2, 0.25) is 0 Å². The second-order valence-corrected chi connectivity index (χ2v) is 9.49. The van der Waals surface area contributed by atoms with Crippen LogP contribution >= 0.6 is 0 Å². The Hall–Kier alpha value is -3.95. The Bertz CT molecular complexity index is 1340. The summed E-state index contributed by atoms with van der Waals surface area (Å²) < 4.78 is 22.6. The molecule has 1 N–H and O–H groups in total. The molecule has 2 amide bonds. The summed E-state index contributed by atoms with van der Waals surface area (Å²) >= 11 is 0. The average molecular weight is 533 g/mol. The number of hydrogen-bond donors (Lipinski definition) is 1. The number of hydrogen-bond acceptors (Lipinski definition) is 7. The molecule has 0 radical (unpaired) electrons. The maximum absolute atomic E-state index is 12.7. The first-order valence-corrected chi connectivity index (χ1v) is 13.3. The third kappa shape index (κ3) is 6.21. The Morgan fingerprint density at radius 3 is 2.36 bits per heavy atom. The number of amides is 2. The van der Waals surface area contributed by atoms with Gasteiger partial charge in [0, 0.05) is 17.3 Å². The third-order valence-corrected chi connectivity index (χ3v) is 6.91. The van der Waals surface area contributed by atoms with E-state index < -0.39 is 0 Å². The summed E-state index contributed by atoms with van der Waals surface area (Å²) in [5.41, 5.74) is 3.54. The monoisotopic (exact) mass is 532 g/mol. The van der Waals surface area contributed by atoms with Crippen LogP contribution < -0.4 is 14.9 Å². The number of nitrogens with one attached hydrogen (secondary N) is 1. The van der Waals surface area contributed by atoms with E-state index >= 15 is 0 Å². The van der Waals surface area contributed by atoms with E-state index in [1.807, 2.05) is 31.2 Å². The number of carbonyl (C=O) groups is 2. The van der Waals surface area contributed by atoms with Gasteiger partial charge in [-0.2, -0.15) is 0 Å². The van der Waals surface area contributed by atoms with E-state index in [2.05, 4.69) is 4.98 Å². The average Bonchev–Trinajstić information content (AvgIpc) is 3.21. The van der Waals surface area contributed by atoms with Crippen molar-refractivity contribution in [3.05, 3.63) is 92.8 Å². The van der Waals surface area contributed by atoms with Crippen LogP contribution in [-0.2, 0) is 28.7 Å². The molecule has 5 rings (SSSR count). The van der Waals surface area contributed by atoms with E-state index in [9.17, 15) is 14.4 Å². The number of imide groups is 1. The summed E-state index contributed by atoms with van der Waals surface area (Å²) in [5.74, 6) is 0.514. The lowest BCUT2D eigenvalue weighted by molar-refractivity contribution is -0.102. The van der Waals surface area contributed by atoms with Crippen LogP contribution in [0.4, 0.5) is 0 Å². The Balaban J connectivity index is 1.13. The van der Waals surface area contributed by atoms with E-state index in [1.54, 1.807) is 24.3 Å². The molecule has 0 bridgehead atoms. The normalized spacial score (nSPS) is 16.8. The molecule has 204 valence electrons. The number of aryl methyl sites for hydroxylation is 2. The highest BCUT2D eigenvalue weighted by molar-refractivity contribution is 6.21. The number of carbonyl (C=O) groups excluding carboxylic acids is 2. The third-order valence-electron chi connectivity index (χ3n) is 6.91. The van der Waals surface area contributed by atoms with E-state index in [0.717, 1.165) is 23.2 Å². The van der Waals surface area contributed by atoms with Crippen LogP contribution in [0.25, 0.3) is 0 Å². The van der Waals surface area contributed by atoms with Crippen molar-refractivity contribution in [1.82, 2.24) is 9.88 Å². The van der Waals surface area contributed by atoms with E-state index in [1.165, 1.54) is 11.0 Å². The van der Waals surface area contributed by atoms with Gasteiger partial charge in [-0.15, -0.1) is 0 Å². The Kier molecular flexibility index (Phi) is 8.39. The zero-order valence-corrected chi connectivity index (χ0v) is 21.9. The van der Waals surface area contributed by atoms with Crippen molar-refractivity contribution in [3.63, 3.8) is 0 Å². The molecule has 9 heteroatoms. The number of ether oxygens (including phenoxy) is 4. The number of benzene rings is 2. The van der Waals surface area contributed by atoms with Crippen molar-refractivity contribution >= 4 is 11.8 Å². The minimum absolute atomic E-state index is 0.0381. The number of H-pyrrole nitrogens is 1. The lowest BCUT2D eigenvalue weighted by Crippen LogP contribution is -2.33. The fourth-order valence-electron chi connectivity index (χ4n) is 4.83. The maximum atomic E-state index is 12.7. The van der Waals surface area contributed by atoms with Crippen LogP contribution in [-0.4, -0.2) is 67.4 Å². The van der Waals surface area contributed by atoms with Crippen LogP contribution in [0.3, 0.4) is 0 Å². The first-order valence-electron chi connectivity index (χ1n) is 13.3. The topological polar surface area (TPSA) is 107 Å². The number of pyridine rings is 1. The Morgan fingerprint density at radius 1 is 0.949 bits per heavy atom. The van der Waals surface area contributed by atoms with Crippen LogP contribution in [0.1, 0.15) is 44.5 Å². The molecule has 3 aromatic rings. The zero-order valence-electron chi connectivity index (χ0n) is 21.9. The van der Waals surface area contributed by atoms with Crippen molar-refractivity contribution in [2.75, 3.05) is 39.6 Å². The molecule has 1 fully saturated rings. The van der Waals surface area contributed by atoms with Gasteiger partial charge in [-0.25, -0.2) is 0 Å². The molecule has 0 aliphatic carbocycles. The van der Waals surface area contributed by atoms with Crippen molar-refractivity contribution in [1.29, 1.82) is 0 Å². The van der Waals surface area contributed by atoms with Gasteiger partial charge in [0.1, 0.15) is 25.1 Å². The molecular weight excluding hydrogens is 500 g/mol. The Labute approximate surface area is 226 Å². The van der Waals surface area contributed by atoms with Crippen molar-refractivity contribution < 1.29 is 28.5 Å². The SMILES string of the molecule is CCc1c(CCc2ccc(OCCN3C(=O)c4ccccc4C3=O)cc2)[nH]c(OCC2COCCO2)cc1=O. The predicted octanol–water partition coefficient (Wildman–Crippen LogP) is 3.19. The first kappa shape index (κ1) is 26.6. The molecule has 2 aromatic carbocycles. The van der Waals surface area contributed by atoms with Gasteiger partial charge in [0.15, 0.2) is 11.3 Å². The second kappa shape index (κ2) is 12.3. The van der Waals surface area contributed by atoms with Gasteiger partial charge in [0.05, 0.1) is 37.5 Å². The van der Waals surface area contributed by atoms with E-state index in [4.69, 9.17) is 18.9 Å².